The predicted octanol–water partition coefficient (Wildman–Crippen LogP) is 2.36. The third kappa shape index (κ3) is 3.15. The first-order chi connectivity index (χ1) is 7.69. The third-order valence-corrected chi connectivity index (χ3v) is 2.14. The molecule has 1 aromatic rings. The van der Waals surface area contributed by atoms with Crippen molar-refractivity contribution in [2.75, 3.05) is 13.7 Å². The fraction of sp³-hybridized carbons (Fsp3) is 0.417. The summed E-state index contributed by atoms with van der Waals surface area (Å²) >= 11 is 0. The highest BCUT2D eigenvalue weighted by atomic mass is 16.5. The number of carbonyl (C=O) groups is 1. The van der Waals surface area contributed by atoms with Crippen LogP contribution in [0.2, 0.25) is 0 Å². The molecular formula is C12H16O4. The first-order valence-corrected chi connectivity index (χ1v) is 5.23. The van der Waals surface area contributed by atoms with E-state index in [1.165, 1.54) is 19.2 Å². The minimum Gasteiger partial charge on any atom is -0.507 e. The van der Waals surface area contributed by atoms with Gasteiger partial charge in [0.05, 0.1) is 13.7 Å². The maximum atomic E-state index is 11.2. The van der Waals surface area contributed by atoms with Crippen molar-refractivity contribution in [1.82, 2.24) is 0 Å². The van der Waals surface area contributed by atoms with Crippen LogP contribution in [-0.2, 0) is 4.74 Å². The van der Waals surface area contributed by atoms with Gasteiger partial charge >= 0.3 is 5.97 Å². The molecule has 0 radical (unpaired) electrons. The van der Waals surface area contributed by atoms with E-state index in [9.17, 15) is 9.90 Å². The summed E-state index contributed by atoms with van der Waals surface area (Å²) < 4.78 is 9.90. The molecule has 4 heteroatoms. The second-order valence-electron chi connectivity index (χ2n) is 3.37. The van der Waals surface area contributed by atoms with E-state index in [2.05, 4.69) is 11.7 Å². The van der Waals surface area contributed by atoms with Crippen LogP contribution in [-0.4, -0.2) is 24.8 Å². The van der Waals surface area contributed by atoms with Crippen LogP contribution in [0.5, 0.6) is 11.5 Å². The van der Waals surface area contributed by atoms with Gasteiger partial charge in [-0.15, -0.1) is 0 Å². The molecule has 0 unspecified atom stereocenters. The lowest BCUT2D eigenvalue weighted by Crippen LogP contribution is -2.02. The molecule has 0 amide bonds. The fourth-order valence-corrected chi connectivity index (χ4v) is 1.22. The zero-order chi connectivity index (χ0) is 12.0. The Kier molecular flexibility index (Phi) is 4.64. The van der Waals surface area contributed by atoms with Crippen LogP contribution >= 0.6 is 0 Å². The minimum atomic E-state index is -0.558. The van der Waals surface area contributed by atoms with Gasteiger partial charge in [-0.3, -0.25) is 0 Å². The molecular weight excluding hydrogens is 208 g/mol. The summed E-state index contributed by atoms with van der Waals surface area (Å²) in [5.74, 6) is -0.128. The van der Waals surface area contributed by atoms with Crippen molar-refractivity contribution >= 4 is 5.97 Å². The molecule has 0 aliphatic carbocycles. The quantitative estimate of drug-likeness (QED) is 0.616. The Balaban J connectivity index is 2.71. The van der Waals surface area contributed by atoms with E-state index >= 15 is 0 Å². The van der Waals surface area contributed by atoms with Crippen LogP contribution < -0.4 is 4.74 Å². The number of hydrogen-bond donors (Lipinski definition) is 1. The summed E-state index contributed by atoms with van der Waals surface area (Å²) in [5, 5.41) is 9.57. The lowest BCUT2D eigenvalue weighted by atomic mass is 10.2. The van der Waals surface area contributed by atoms with Gasteiger partial charge in [0.2, 0.25) is 0 Å². The first-order valence-electron chi connectivity index (χ1n) is 5.23. The number of rotatable bonds is 5. The molecule has 0 atom stereocenters. The van der Waals surface area contributed by atoms with Crippen LogP contribution in [0.3, 0.4) is 0 Å². The molecule has 0 saturated heterocycles. The number of esters is 1. The molecule has 1 aromatic carbocycles. The summed E-state index contributed by atoms with van der Waals surface area (Å²) in [6, 6.07) is 4.55. The van der Waals surface area contributed by atoms with E-state index in [4.69, 9.17) is 4.74 Å². The summed E-state index contributed by atoms with van der Waals surface area (Å²) in [5.41, 5.74) is 0.144. The molecule has 0 spiro atoms. The fourth-order valence-electron chi connectivity index (χ4n) is 1.22. The van der Waals surface area contributed by atoms with E-state index in [-0.39, 0.29) is 11.3 Å². The average molecular weight is 224 g/mol. The molecule has 1 N–H and O–H groups in total. The molecule has 0 fully saturated rings. The van der Waals surface area contributed by atoms with Crippen molar-refractivity contribution in [3.63, 3.8) is 0 Å². The monoisotopic (exact) mass is 224 g/mol. The lowest BCUT2D eigenvalue weighted by Gasteiger charge is -2.07. The van der Waals surface area contributed by atoms with E-state index < -0.39 is 5.97 Å². The Hall–Kier alpha value is -1.71. The Bertz CT molecular complexity index is 360. The maximum Gasteiger partial charge on any atom is 0.341 e. The molecule has 16 heavy (non-hydrogen) atoms. The van der Waals surface area contributed by atoms with Gasteiger partial charge in [0.25, 0.3) is 0 Å². The molecule has 0 aromatic heterocycles. The number of phenolic OH excluding ortho intramolecular Hbond substituents is 1. The number of unbranched alkanes of at least 4 members (excludes halogenated alkanes) is 1. The summed E-state index contributed by atoms with van der Waals surface area (Å²) in [4.78, 5) is 11.2. The zero-order valence-electron chi connectivity index (χ0n) is 9.53. The van der Waals surface area contributed by atoms with Crippen LogP contribution in [0.25, 0.3) is 0 Å². The van der Waals surface area contributed by atoms with E-state index in [0.29, 0.717) is 12.4 Å². The number of hydrogen-bond acceptors (Lipinski definition) is 4. The second kappa shape index (κ2) is 6.00. The number of ether oxygens (including phenoxy) is 2. The van der Waals surface area contributed by atoms with Gasteiger partial charge in [-0.1, -0.05) is 13.3 Å². The van der Waals surface area contributed by atoms with Crippen LogP contribution in [0.15, 0.2) is 18.2 Å². The number of carbonyl (C=O) groups excluding carboxylic acids is 1. The minimum absolute atomic E-state index is 0.124. The number of aromatic hydroxyl groups is 1. The lowest BCUT2D eigenvalue weighted by molar-refractivity contribution is 0.0597. The second-order valence-corrected chi connectivity index (χ2v) is 3.37. The van der Waals surface area contributed by atoms with Gasteiger partial charge < -0.3 is 14.6 Å². The standard InChI is InChI=1S/C12H16O4/c1-3-4-7-16-9-5-6-10(11(13)8-9)12(14)15-2/h5-6,8,13H,3-4,7H2,1-2H3. The van der Waals surface area contributed by atoms with Crippen LogP contribution in [0.1, 0.15) is 30.1 Å². The van der Waals surface area contributed by atoms with Crippen molar-refractivity contribution in [2.45, 2.75) is 19.8 Å². The SMILES string of the molecule is CCCCOc1ccc(C(=O)OC)c(O)c1. The molecule has 0 heterocycles. The van der Waals surface area contributed by atoms with Gasteiger partial charge in [0, 0.05) is 6.07 Å². The van der Waals surface area contributed by atoms with E-state index in [1.807, 2.05) is 0 Å². The smallest absolute Gasteiger partial charge is 0.341 e. The molecule has 0 aliphatic heterocycles. The molecule has 1 rings (SSSR count). The highest BCUT2D eigenvalue weighted by Crippen LogP contribution is 2.24. The van der Waals surface area contributed by atoms with Crippen molar-refractivity contribution < 1.29 is 19.4 Å². The van der Waals surface area contributed by atoms with Gasteiger partial charge in [0.15, 0.2) is 0 Å². The topological polar surface area (TPSA) is 55.8 Å². The van der Waals surface area contributed by atoms with Crippen molar-refractivity contribution in [3.05, 3.63) is 23.8 Å². The van der Waals surface area contributed by atoms with Gasteiger partial charge in [0.1, 0.15) is 17.1 Å². The third-order valence-electron chi connectivity index (χ3n) is 2.14. The Morgan fingerprint density at radius 3 is 2.75 bits per heavy atom. The van der Waals surface area contributed by atoms with E-state index in [1.54, 1.807) is 6.07 Å². The maximum absolute atomic E-state index is 11.2. The Morgan fingerprint density at radius 1 is 1.44 bits per heavy atom. The van der Waals surface area contributed by atoms with Crippen LogP contribution in [0, 0.1) is 0 Å². The zero-order valence-corrected chi connectivity index (χ0v) is 9.53. The highest BCUT2D eigenvalue weighted by Gasteiger charge is 2.11. The molecule has 0 saturated carbocycles. The van der Waals surface area contributed by atoms with Crippen molar-refractivity contribution in [2.24, 2.45) is 0 Å². The molecule has 0 bridgehead atoms. The molecule has 88 valence electrons. The summed E-state index contributed by atoms with van der Waals surface area (Å²) in [6.07, 6.45) is 2.01. The molecule has 0 aliphatic rings. The number of benzene rings is 1. The average Bonchev–Trinajstić information content (AvgIpc) is 2.29. The van der Waals surface area contributed by atoms with Crippen molar-refractivity contribution in [3.8, 4) is 11.5 Å². The van der Waals surface area contributed by atoms with Gasteiger partial charge in [-0.05, 0) is 18.6 Å². The van der Waals surface area contributed by atoms with E-state index in [0.717, 1.165) is 12.8 Å². The normalized spacial score (nSPS) is 9.88. The molecule has 4 nitrogen and oxygen atoms in total. The van der Waals surface area contributed by atoms with Crippen LogP contribution in [0.4, 0.5) is 0 Å². The predicted molar refractivity (Wildman–Crippen MR) is 59.8 cm³/mol. The first kappa shape index (κ1) is 12.4. The highest BCUT2D eigenvalue weighted by molar-refractivity contribution is 5.92. The summed E-state index contributed by atoms with van der Waals surface area (Å²) in [7, 11) is 1.27. The number of methoxy groups -OCH3 is 1. The van der Waals surface area contributed by atoms with Crippen molar-refractivity contribution in [1.29, 1.82) is 0 Å². The van der Waals surface area contributed by atoms with Gasteiger partial charge in [-0.25, -0.2) is 4.79 Å². The van der Waals surface area contributed by atoms with Gasteiger partial charge in [-0.2, -0.15) is 0 Å². The Morgan fingerprint density at radius 2 is 2.19 bits per heavy atom. The summed E-state index contributed by atoms with van der Waals surface area (Å²) in [6.45, 7) is 2.68. The largest absolute Gasteiger partial charge is 0.507 e. The Labute approximate surface area is 94.8 Å². The number of phenols is 1.